The molecule has 0 bridgehead atoms. The molecule has 1 saturated carbocycles. The first-order valence-electron chi connectivity index (χ1n) is 6.02. The molecule has 0 aromatic carbocycles. The first-order valence-corrected chi connectivity index (χ1v) is 6.02. The van der Waals surface area contributed by atoms with Crippen LogP contribution in [0, 0.1) is 17.8 Å². The lowest BCUT2D eigenvalue weighted by molar-refractivity contribution is 0.151. The van der Waals surface area contributed by atoms with Crippen LogP contribution >= 0.6 is 0 Å². The minimum Gasteiger partial charge on any atom is -0.319 e. The molecule has 2 unspecified atom stereocenters. The molecule has 84 valence electrons. The van der Waals surface area contributed by atoms with E-state index in [4.69, 9.17) is 0 Å². The van der Waals surface area contributed by atoms with Crippen molar-refractivity contribution in [1.82, 2.24) is 10.6 Å². The minimum atomic E-state index is 0.719. The van der Waals surface area contributed by atoms with Gasteiger partial charge in [-0.25, -0.2) is 0 Å². The quantitative estimate of drug-likeness (QED) is 0.681. The molecule has 0 aliphatic heterocycles. The zero-order valence-corrected chi connectivity index (χ0v) is 10.1. The van der Waals surface area contributed by atoms with Gasteiger partial charge >= 0.3 is 0 Å². The van der Waals surface area contributed by atoms with Crippen molar-refractivity contribution in [2.75, 3.05) is 20.6 Å². The summed E-state index contributed by atoms with van der Waals surface area (Å²) in [6.45, 7) is 5.82. The molecule has 14 heavy (non-hydrogen) atoms. The first-order chi connectivity index (χ1) is 6.70. The minimum absolute atomic E-state index is 0.719. The van der Waals surface area contributed by atoms with Crippen LogP contribution in [0.3, 0.4) is 0 Å². The molecule has 2 heteroatoms. The molecule has 0 amide bonds. The molecule has 1 rings (SSSR count). The average molecular weight is 198 g/mol. The van der Waals surface area contributed by atoms with E-state index in [9.17, 15) is 0 Å². The van der Waals surface area contributed by atoms with Gasteiger partial charge in [0.05, 0.1) is 0 Å². The lowest BCUT2D eigenvalue weighted by Crippen LogP contribution is -2.48. The van der Waals surface area contributed by atoms with Gasteiger partial charge in [0.2, 0.25) is 0 Å². The number of nitrogens with one attached hydrogen (secondary N) is 2. The smallest absolute Gasteiger partial charge is 0.0135 e. The largest absolute Gasteiger partial charge is 0.319 e. The Balaban J connectivity index is 2.52. The number of hydrogen-bond donors (Lipinski definition) is 2. The van der Waals surface area contributed by atoms with E-state index in [0.717, 1.165) is 30.3 Å². The van der Waals surface area contributed by atoms with Gasteiger partial charge in [-0.15, -0.1) is 0 Å². The Hall–Kier alpha value is -0.0800. The predicted molar refractivity (Wildman–Crippen MR) is 62.4 cm³/mol. The van der Waals surface area contributed by atoms with Crippen molar-refractivity contribution in [3.05, 3.63) is 0 Å². The molecule has 1 fully saturated rings. The summed E-state index contributed by atoms with van der Waals surface area (Å²) in [4.78, 5) is 0. The molecule has 2 N–H and O–H groups in total. The third kappa shape index (κ3) is 2.71. The molecule has 0 aromatic rings. The summed E-state index contributed by atoms with van der Waals surface area (Å²) in [5, 5.41) is 6.86. The zero-order valence-electron chi connectivity index (χ0n) is 10.1. The van der Waals surface area contributed by atoms with Gasteiger partial charge < -0.3 is 10.6 Å². The van der Waals surface area contributed by atoms with E-state index in [-0.39, 0.29) is 0 Å². The van der Waals surface area contributed by atoms with Crippen molar-refractivity contribution in [1.29, 1.82) is 0 Å². The second-order valence-electron chi connectivity index (χ2n) is 4.97. The molecule has 0 spiro atoms. The molecule has 1 aliphatic carbocycles. The summed E-state index contributed by atoms with van der Waals surface area (Å²) in [5.74, 6) is 2.47. The van der Waals surface area contributed by atoms with E-state index in [1.807, 2.05) is 0 Å². The van der Waals surface area contributed by atoms with Crippen LogP contribution in [0.1, 0.15) is 33.1 Å². The van der Waals surface area contributed by atoms with E-state index in [1.54, 1.807) is 0 Å². The van der Waals surface area contributed by atoms with Gasteiger partial charge in [0.1, 0.15) is 0 Å². The Morgan fingerprint density at radius 3 is 2.14 bits per heavy atom. The molecule has 0 heterocycles. The van der Waals surface area contributed by atoms with Crippen LogP contribution in [-0.4, -0.2) is 26.7 Å². The van der Waals surface area contributed by atoms with Gasteiger partial charge in [0.25, 0.3) is 0 Å². The van der Waals surface area contributed by atoms with Gasteiger partial charge in [-0.1, -0.05) is 20.3 Å². The lowest BCUT2D eigenvalue weighted by atomic mass is 9.72. The van der Waals surface area contributed by atoms with Crippen LogP contribution < -0.4 is 10.6 Å². The average Bonchev–Trinajstić information content (AvgIpc) is 2.07. The fraction of sp³-hybridized carbons (Fsp3) is 1.00. The highest BCUT2D eigenvalue weighted by Gasteiger charge is 2.33. The summed E-state index contributed by atoms with van der Waals surface area (Å²) in [6, 6.07) is 0.719. The Morgan fingerprint density at radius 1 is 1.21 bits per heavy atom. The van der Waals surface area contributed by atoms with Gasteiger partial charge in [0, 0.05) is 6.04 Å². The van der Waals surface area contributed by atoms with Crippen molar-refractivity contribution >= 4 is 0 Å². The van der Waals surface area contributed by atoms with E-state index in [1.165, 1.54) is 19.3 Å². The third-order valence-corrected chi connectivity index (χ3v) is 3.75. The Morgan fingerprint density at radius 2 is 1.86 bits per heavy atom. The fourth-order valence-electron chi connectivity index (χ4n) is 2.61. The SMILES string of the molecule is CNCC(C(C)C)C(NC)C1CCC1. The predicted octanol–water partition coefficient (Wildman–Crippen LogP) is 1.87. The number of rotatable bonds is 6. The van der Waals surface area contributed by atoms with Gasteiger partial charge in [-0.05, 0) is 51.2 Å². The molecule has 2 atom stereocenters. The van der Waals surface area contributed by atoms with Crippen LogP contribution in [0.2, 0.25) is 0 Å². The fourth-order valence-corrected chi connectivity index (χ4v) is 2.61. The summed E-state index contributed by atoms with van der Waals surface area (Å²) in [7, 11) is 4.18. The maximum atomic E-state index is 3.53. The normalized spacial score (nSPS) is 22.1. The van der Waals surface area contributed by atoms with Gasteiger partial charge in [0.15, 0.2) is 0 Å². The Labute approximate surface area is 88.8 Å². The maximum Gasteiger partial charge on any atom is 0.0135 e. The van der Waals surface area contributed by atoms with E-state index < -0.39 is 0 Å². The second-order valence-corrected chi connectivity index (χ2v) is 4.97. The van der Waals surface area contributed by atoms with Gasteiger partial charge in [-0.3, -0.25) is 0 Å². The monoisotopic (exact) mass is 198 g/mol. The first kappa shape index (κ1) is 12.0. The highest BCUT2D eigenvalue weighted by atomic mass is 14.9. The number of hydrogen-bond acceptors (Lipinski definition) is 2. The highest BCUT2D eigenvalue weighted by molar-refractivity contribution is 4.88. The summed E-state index contributed by atoms with van der Waals surface area (Å²) in [5.41, 5.74) is 0. The third-order valence-electron chi connectivity index (χ3n) is 3.75. The molecule has 0 radical (unpaired) electrons. The standard InChI is InChI=1S/C12H26N2/c1-9(2)11(8-13-3)12(14-4)10-6-5-7-10/h9-14H,5-8H2,1-4H3. The van der Waals surface area contributed by atoms with Crippen LogP contribution in [0.5, 0.6) is 0 Å². The van der Waals surface area contributed by atoms with E-state index in [2.05, 4.69) is 38.6 Å². The zero-order chi connectivity index (χ0) is 10.6. The topological polar surface area (TPSA) is 24.1 Å². The summed E-state index contributed by atoms with van der Waals surface area (Å²) >= 11 is 0. The maximum absolute atomic E-state index is 3.53. The highest BCUT2D eigenvalue weighted by Crippen LogP contribution is 2.34. The van der Waals surface area contributed by atoms with Crippen molar-refractivity contribution in [3.63, 3.8) is 0 Å². The van der Waals surface area contributed by atoms with Crippen molar-refractivity contribution in [3.8, 4) is 0 Å². The molecule has 1 aliphatic rings. The molecule has 0 aromatic heterocycles. The van der Waals surface area contributed by atoms with Crippen LogP contribution in [0.15, 0.2) is 0 Å². The van der Waals surface area contributed by atoms with Crippen LogP contribution in [-0.2, 0) is 0 Å². The molecule has 0 saturated heterocycles. The molecular weight excluding hydrogens is 172 g/mol. The molecular formula is C12H26N2. The van der Waals surface area contributed by atoms with Crippen LogP contribution in [0.25, 0.3) is 0 Å². The van der Waals surface area contributed by atoms with Crippen molar-refractivity contribution in [2.24, 2.45) is 17.8 Å². The van der Waals surface area contributed by atoms with Crippen molar-refractivity contribution in [2.45, 2.75) is 39.2 Å². The summed E-state index contributed by atoms with van der Waals surface area (Å²) < 4.78 is 0. The summed E-state index contributed by atoms with van der Waals surface area (Å²) in [6.07, 6.45) is 4.30. The van der Waals surface area contributed by atoms with E-state index in [0.29, 0.717) is 0 Å². The Bertz CT molecular complexity index is 152. The second kappa shape index (κ2) is 5.72. The Kier molecular flexibility index (Phi) is 4.90. The molecule has 2 nitrogen and oxygen atoms in total. The lowest BCUT2D eigenvalue weighted by Gasteiger charge is -2.40. The van der Waals surface area contributed by atoms with E-state index >= 15 is 0 Å². The van der Waals surface area contributed by atoms with Crippen LogP contribution in [0.4, 0.5) is 0 Å². The van der Waals surface area contributed by atoms with Gasteiger partial charge in [-0.2, -0.15) is 0 Å². The van der Waals surface area contributed by atoms with Crippen molar-refractivity contribution < 1.29 is 0 Å².